The Labute approximate surface area is 374 Å². The average molecular weight is 851 g/mol. The van der Waals surface area contributed by atoms with E-state index in [0.29, 0.717) is 5.95 Å². The molecule has 0 amide bonds. The van der Waals surface area contributed by atoms with Gasteiger partial charge in [0.2, 0.25) is 5.95 Å². The second-order valence-electron chi connectivity index (χ2n) is 16.5. The van der Waals surface area contributed by atoms with Gasteiger partial charge in [-0.1, -0.05) is 188 Å². The largest absolute Gasteiger partial charge is 0.294 e. The highest BCUT2D eigenvalue weighted by molar-refractivity contribution is 7.26. The summed E-state index contributed by atoms with van der Waals surface area (Å²) in [7, 11) is -2.87. The maximum atomic E-state index is 5.49. The summed E-state index contributed by atoms with van der Waals surface area (Å²) in [6, 6.07) is 84.3. The van der Waals surface area contributed by atoms with E-state index >= 15 is 0 Å². The molecule has 4 nitrogen and oxygen atoms in total. The van der Waals surface area contributed by atoms with Gasteiger partial charge in [-0.2, -0.15) is 4.98 Å². The minimum Gasteiger partial charge on any atom is -0.294 e. The molecule has 0 aliphatic carbocycles. The van der Waals surface area contributed by atoms with Crippen molar-refractivity contribution >= 4 is 104 Å². The molecule has 4 aromatic heterocycles. The van der Waals surface area contributed by atoms with E-state index in [0.717, 1.165) is 39.1 Å². The lowest BCUT2D eigenvalue weighted by Gasteiger charge is -2.34. The maximum Gasteiger partial charge on any atom is 0.237 e. The Hall–Kier alpha value is -7.90. The van der Waals surface area contributed by atoms with Crippen molar-refractivity contribution < 1.29 is 0 Å². The van der Waals surface area contributed by atoms with E-state index in [1.165, 1.54) is 62.5 Å². The second-order valence-corrected chi connectivity index (χ2v) is 21.4. The van der Waals surface area contributed by atoms with Crippen LogP contribution in [0.3, 0.4) is 0 Å². The zero-order valence-corrected chi connectivity index (χ0v) is 36.5. The van der Waals surface area contributed by atoms with Gasteiger partial charge in [-0.05, 0) is 57.1 Å². The molecule has 0 radical (unpaired) electrons. The number of para-hydroxylation sites is 4. The molecule has 0 spiro atoms. The lowest BCUT2D eigenvalue weighted by atomic mass is 10.1. The van der Waals surface area contributed by atoms with E-state index < -0.39 is 8.07 Å². The van der Waals surface area contributed by atoms with E-state index in [1.54, 1.807) is 0 Å². The SMILES string of the molecule is c1ccc([Si](c2ccccc2)(c2ccc(-c3cc(-n4c5ccccc5c5ccccc54)nc(-n4c5ccccc5c5ccccc54)n3)cc2)c2ccc3sc4ccccc4c3c2)cc1. The van der Waals surface area contributed by atoms with Crippen molar-refractivity contribution in [2.75, 3.05) is 0 Å². The Bertz CT molecular complexity index is 3630. The lowest BCUT2D eigenvalue weighted by molar-refractivity contribution is 0.952. The minimum absolute atomic E-state index is 0.629. The van der Waals surface area contributed by atoms with Gasteiger partial charge < -0.3 is 0 Å². The highest BCUT2D eigenvalue weighted by Crippen LogP contribution is 2.36. The van der Waals surface area contributed by atoms with Gasteiger partial charge in [-0.25, -0.2) is 4.98 Å². The van der Waals surface area contributed by atoms with Gasteiger partial charge in [0, 0.05) is 53.3 Å². The molecule has 0 bridgehead atoms. The highest BCUT2D eigenvalue weighted by Gasteiger charge is 2.41. The minimum atomic E-state index is -2.87. The molecular weight excluding hydrogens is 813 g/mol. The fraction of sp³-hybridized carbons (Fsp3) is 0. The Balaban J connectivity index is 1.06. The van der Waals surface area contributed by atoms with Crippen LogP contribution in [-0.2, 0) is 0 Å². The summed E-state index contributed by atoms with van der Waals surface area (Å²) >= 11 is 1.87. The Kier molecular flexibility index (Phi) is 8.38. The zero-order chi connectivity index (χ0) is 42.2. The first kappa shape index (κ1) is 36.7. The van der Waals surface area contributed by atoms with Crippen molar-refractivity contribution in [1.82, 2.24) is 19.1 Å². The number of benzene rings is 9. The first-order valence-corrected chi connectivity index (χ1v) is 24.6. The molecule has 0 saturated heterocycles. The van der Waals surface area contributed by atoms with Crippen molar-refractivity contribution in [3.05, 3.63) is 231 Å². The number of rotatable bonds is 7. The molecule has 4 heterocycles. The van der Waals surface area contributed by atoms with Crippen molar-refractivity contribution in [2.45, 2.75) is 0 Å². The van der Waals surface area contributed by atoms with E-state index in [4.69, 9.17) is 9.97 Å². The van der Waals surface area contributed by atoms with Crippen LogP contribution in [0.4, 0.5) is 0 Å². The number of hydrogen-bond donors (Lipinski definition) is 0. The zero-order valence-electron chi connectivity index (χ0n) is 34.6. The van der Waals surface area contributed by atoms with Crippen LogP contribution in [0.2, 0.25) is 0 Å². The quantitative estimate of drug-likeness (QED) is 0.118. The predicted molar refractivity (Wildman–Crippen MR) is 273 cm³/mol. The molecule has 13 aromatic rings. The fourth-order valence-corrected chi connectivity index (χ4v) is 16.2. The molecule has 0 fully saturated rings. The molecule has 0 saturated carbocycles. The molecule has 0 unspecified atom stereocenters. The van der Waals surface area contributed by atoms with E-state index in [-0.39, 0.29) is 0 Å². The van der Waals surface area contributed by atoms with Crippen molar-refractivity contribution in [3.8, 4) is 23.0 Å². The summed E-state index contributed by atoms with van der Waals surface area (Å²) in [5, 5.41) is 12.7. The smallest absolute Gasteiger partial charge is 0.237 e. The topological polar surface area (TPSA) is 35.6 Å². The average Bonchev–Trinajstić information content (AvgIpc) is 4.03. The van der Waals surface area contributed by atoms with E-state index in [2.05, 4.69) is 240 Å². The van der Waals surface area contributed by atoms with Gasteiger partial charge in [0.1, 0.15) is 5.82 Å². The Morgan fingerprint density at radius 2 is 0.766 bits per heavy atom. The molecule has 0 aliphatic rings. The first-order valence-electron chi connectivity index (χ1n) is 21.7. The van der Waals surface area contributed by atoms with Crippen LogP contribution in [0.15, 0.2) is 231 Å². The summed E-state index contributed by atoms with van der Waals surface area (Å²) < 4.78 is 7.16. The molecule has 64 heavy (non-hydrogen) atoms. The van der Waals surface area contributed by atoms with E-state index in [9.17, 15) is 0 Å². The molecule has 300 valence electrons. The van der Waals surface area contributed by atoms with Gasteiger partial charge in [0.15, 0.2) is 8.07 Å². The maximum absolute atomic E-state index is 5.49. The number of hydrogen-bond acceptors (Lipinski definition) is 3. The summed E-state index contributed by atoms with van der Waals surface area (Å²) in [6.07, 6.45) is 0. The third-order valence-corrected chi connectivity index (χ3v) is 19.1. The summed E-state index contributed by atoms with van der Waals surface area (Å²) in [6.45, 7) is 0. The summed E-state index contributed by atoms with van der Waals surface area (Å²) in [5.41, 5.74) is 6.23. The molecule has 0 N–H and O–H groups in total. The van der Waals surface area contributed by atoms with Crippen LogP contribution in [0.5, 0.6) is 0 Å². The monoisotopic (exact) mass is 850 g/mol. The van der Waals surface area contributed by atoms with Crippen molar-refractivity contribution in [2.24, 2.45) is 0 Å². The number of fused-ring (bicyclic) bond motifs is 9. The second kappa shape index (κ2) is 14.6. The summed E-state index contributed by atoms with van der Waals surface area (Å²) in [5.74, 6) is 1.45. The number of thiophene rings is 1. The molecular formula is C58H38N4SSi. The molecule has 9 aromatic carbocycles. The lowest BCUT2D eigenvalue weighted by Crippen LogP contribution is -2.74. The van der Waals surface area contributed by atoms with Gasteiger partial charge in [-0.15, -0.1) is 11.3 Å². The van der Waals surface area contributed by atoms with Crippen LogP contribution >= 0.6 is 11.3 Å². The molecule has 0 aliphatic heterocycles. The summed E-state index contributed by atoms with van der Waals surface area (Å²) in [4.78, 5) is 11.0. The Morgan fingerprint density at radius 3 is 1.33 bits per heavy atom. The normalized spacial score (nSPS) is 12.1. The molecule has 6 heteroatoms. The van der Waals surface area contributed by atoms with Crippen molar-refractivity contribution in [3.63, 3.8) is 0 Å². The number of aromatic nitrogens is 4. The number of nitrogens with zero attached hydrogens (tertiary/aromatic N) is 4. The van der Waals surface area contributed by atoms with Crippen molar-refractivity contribution in [1.29, 1.82) is 0 Å². The van der Waals surface area contributed by atoms with Crippen LogP contribution < -0.4 is 20.7 Å². The van der Waals surface area contributed by atoms with Crippen LogP contribution in [-0.4, -0.2) is 27.2 Å². The third-order valence-electron chi connectivity index (χ3n) is 13.1. The van der Waals surface area contributed by atoms with Crippen LogP contribution in [0.1, 0.15) is 0 Å². The van der Waals surface area contributed by atoms with E-state index in [1.807, 2.05) is 11.3 Å². The van der Waals surface area contributed by atoms with Crippen LogP contribution in [0.25, 0.3) is 86.8 Å². The van der Waals surface area contributed by atoms with Crippen LogP contribution in [0, 0.1) is 0 Å². The molecule has 0 atom stereocenters. The predicted octanol–water partition coefficient (Wildman–Crippen LogP) is 12.1. The Morgan fingerprint density at radius 1 is 0.328 bits per heavy atom. The molecule has 13 rings (SSSR count). The van der Waals surface area contributed by atoms with Gasteiger partial charge in [0.05, 0.1) is 27.8 Å². The van der Waals surface area contributed by atoms with Gasteiger partial charge in [0.25, 0.3) is 0 Å². The first-order chi connectivity index (χ1) is 31.7. The standard InChI is InChI=1S/C58H38N4SSi/c1-3-17-40(18-4-1)64(41-19-5-2-6-20-41,43-35-36-56-49(37-43)48-25-11-16-30-55(48)63-56)42-33-31-39(32-34-42)50-38-57(61-51-26-12-7-21-44(51)45-22-8-13-27-52(45)61)60-58(59-50)62-53-28-14-9-23-46(53)47-24-10-15-29-54(47)62/h1-38H. The highest BCUT2D eigenvalue weighted by atomic mass is 32.1. The fourth-order valence-electron chi connectivity index (χ4n) is 10.3. The van der Waals surface area contributed by atoms with Gasteiger partial charge in [-0.3, -0.25) is 9.13 Å². The van der Waals surface area contributed by atoms with Gasteiger partial charge >= 0.3 is 0 Å². The third kappa shape index (κ3) is 5.53.